The summed E-state index contributed by atoms with van der Waals surface area (Å²) in [4.78, 5) is 0.0879. The molecule has 0 aliphatic carbocycles. The molecular weight excluding hydrogens is 286 g/mol. The summed E-state index contributed by atoms with van der Waals surface area (Å²) in [7, 11) is -3.67. The summed E-state index contributed by atoms with van der Waals surface area (Å²) in [6.45, 7) is 1.95. The van der Waals surface area contributed by atoms with Crippen LogP contribution in [0.4, 0.5) is 5.69 Å². The second kappa shape index (κ2) is 5.95. The van der Waals surface area contributed by atoms with Gasteiger partial charge in [-0.3, -0.25) is 0 Å². The number of nitriles is 1. The second-order valence-electron chi connectivity index (χ2n) is 4.67. The molecule has 0 spiro atoms. The highest BCUT2D eigenvalue weighted by molar-refractivity contribution is 7.89. The first-order valence-corrected chi connectivity index (χ1v) is 7.84. The standard InChI is InChI=1S/C15H15N3O2S/c1-11(18-14-4-2-3-12(9-14)10-16)13-5-7-15(8-6-13)21(17,19)20/h2-9,11,18H,1H3,(H2,17,19,20). The van der Waals surface area contributed by atoms with Crippen molar-refractivity contribution in [2.75, 3.05) is 5.32 Å². The number of nitrogens with one attached hydrogen (secondary N) is 1. The topological polar surface area (TPSA) is 96.0 Å². The number of hydrogen-bond acceptors (Lipinski definition) is 4. The van der Waals surface area contributed by atoms with Gasteiger partial charge in [0.25, 0.3) is 0 Å². The molecule has 0 aliphatic rings. The van der Waals surface area contributed by atoms with E-state index in [1.165, 1.54) is 12.1 Å². The lowest BCUT2D eigenvalue weighted by Gasteiger charge is -2.16. The molecule has 0 bridgehead atoms. The Balaban J connectivity index is 2.17. The molecule has 0 saturated carbocycles. The molecule has 0 amide bonds. The van der Waals surface area contributed by atoms with E-state index in [9.17, 15) is 8.42 Å². The molecule has 2 rings (SSSR count). The minimum Gasteiger partial charge on any atom is -0.378 e. The van der Waals surface area contributed by atoms with Gasteiger partial charge in [-0.15, -0.1) is 0 Å². The Hall–Kier alpha value is -2.36. The summed E-state index contributed by atoms with van der Waals surface area (Å²) in [5.41, 5.74) is 2.33. The number of anilines is 1. The minimum absolute atomic E-state index is 0.0338. The molecule has 0 fully saturated rings. The third-order valence-electron chi connectivity index (χ3n) is 3.08. The van der Waals surface area contributed by atoms with Gasteiger partial charge in [0, 0.05) is 11.7 Å². The molecule has 1 atom stereocenters. The Morgan fingerprint density at radius 3 is 2.43 bits per heavy atom. The number of sulfonamides is 1. The SMILES string of the molecule is CC(Nc1cccc(C#N)c1)c1ccc(S(N)(=O)=O)cc1. The van der Waals surface area contributed by atoms with Gasteiger partial charge in [0.15, 0.2) is 0 Å². The summed E-state index contributed by atoms with van der Waals surface area (Å²) in [5, 5.41) is 17.2. The van der Waals surface area contributed by atoms with E-state index >= 15 is 0 Å². The van der Waals surface area contributed by atoms with Crippen LogP contribution in [-0.2, 0) is 10.0 Å². The van der Waals surface area contributed by atoms with E-state index in [1.807, 2.05) is 13.0 Å². The Kier molecular flexibility index (Phi) is 4.26. The van der Waals surface area contributed by atoms with Crippen molar-refractivity contribution in [2.45, 2.75) is 17.9 Å². The highest BCUT2D eigenvalue weighted by atomic mass is 32.2. The van der Waals surface area contributed by atoms with E-state index in [2.05, 4.69) is 11.4 Å². The average molecular weight is 301 g/mol. The average Bonchev–Trinajstić information content (AvgIpc) is 2.46. The molecule has 0 radical (unpaired) electrons. The smallest absolute Gasteiger partial charge is 0.238 e. The van der Waals surface area contributed by atoms with Gasteiger partial charge in [0.1, 0.15) is 0 Å². The maximum Gasteiger partial charge on any atom is 0.238 e. The zero-order valence-electron chi connectivity index (χ0n) is 11.4. The summed E-state index contributed by atoms with van der Waals surface area (Å²) in [5.74, 6) is 0. The van der Waals surface area contributed by atoms with Gasteiger partial charge in [-0.25, -0.2) is 13.6 Å². The fourth-order valence-electron chi connectivity index (χ4n) is 1.96. The van der Waals surface area contributed by atoms with Crippen LogP contribution in [0.15, 0.2) is 53.4 Å². The third-order valence-corrected chi connectivity index (χ3v) is 4.01. The predicted molar refractivity (Wildman–Crippen MR) is 81.0 cm³/mol. The monoisotopic (exact) mass is 301 g/mol. The maximum atomic E-state index is 11.2. The Bertz CT molecular complexity index is 777. The molecule has 6 heteroatoms. The summed E-state index contributed by atoms with van der Waals surface area (Å²) in [6, 6.07) is 15.6. The lowest BCUT2D eigenvalue weighted by atomic mass is 10.1. The zero-order valence-corrected chi connectivity index (χ0v) is 12.3. The number of hydrogen-bond donors (Lipinski definition) is 2. The van der Waals surface area contributed by atoms with Crippen molar-refractivity contribution < 1.29 is 8.42 Å². The number of nitrogens with two attached hydrogens (primary N) is 1. The van der Waals surface area contributed by atoms with Crippen LogP contribution in [0.1, 0.15) is 24.1 Å². The molecule has 0 aromatic heterocycles. The highest BCUT2D eigenvalue weighted by Crippen LogP contribution is 2.21. The van der Waals surface area contributed by atoms with Crippen molar-refractivity contribution in [3.05, 3.63) is 59.7 Å². The van der Waals surface area contributed by atoms with E-state index in [1.54, 1.807) is 30.3 Å². The van der Waals surface area contributed by atoms with Crippen LogP contribution in [0.25, 0.3) is 0 Å². The van der Waals surface area contributed by atoms with Crippen LogP contribution in [0.2, 0.25) is 0 Å². The Morgan fingerprint density at radius 2 is 1.86 bits per heavy atom. The van der Waals surface area contributed by atoms with Crippen LogP contribution in [0.5, 0.6) is 0 Å². The molecule has 21 heavy (non-hydrogen) atoms. The van der Waals surface area contributed by atoms with E-state index in [0.29, 0.717) is 5.56 Å². The van der Waals surface area contributed by atoms with Crippen LogP contribution >= 0.6 is 0 Å². The molecule has 5 nitrogen and oxygen atoms in total. The Labute approximate surface area is 124 Å². The Morgan fingerprint density at radius 1 is 1.19 bits per heavy atom. The van der Waals surface area contributed by atoms with Crippen molar-refractivity contribution in [3.8, 4) is 6.07 Å². The van der Waals surface area contributed by atoms with Crippen LogP contribution in [0.3, 0.4) is 0 Å². The molecule has 0 saturated heterocycles. The van der Waals surface area contributed by atoms with E-state index in [-0.39, 0.29) is 10.9 Å². The quantitative estimate of drug-likeness (QED) is 0.906. The molecule has 2 aromatic carbocycles. The fourth-order valence-corrected chi connectivity index (χ4v) is 2.47. The van der Waals surface area contributed by atoms with Gasteiger partial charge in [-0.05, 0) is 42.8 Å². The molecule has 2 aromatic rings. The molecule has 108 valence electrons. The van der Waals surface area contributed by atoms with Crippen molar-refractivity contribution in [3.63, 3.8) is 0 Å². The fraction of sp³-hybridized carbons (Fsp3) is 0.133. The summed E-state index contributed by atoms with van der Waals surface area (Å²) < 4.78 is 22.4. The molecule has 1 unspecified atom stereocenters. The zero-order chi connectivity index (χ0) is 15.5. The highest BCUT2D eigenvalue weighted by Gasteiger charge is 2.10. The van der Waals surface area contributed by atoms with E-state index < -0.39 is 10.0 Å². The maximum absolute atomic E-state index is 11.2. The van der Waals surface area contributed by atoms with Gasteiger partial charge in [-0.1, -0.05) is 18.2 Å². The number of nitrogens with zero attached hydrogens (tertiary/aromatic N) is 1. The van der Waals surface area contributed by atoms with Gasteiger partial charge in [-0.2, -0.15) is 5.26 Å². The van der Waals surface area contributed by atoms with E-state index in [4.69, 9.17) is 10.4 Å². The number of primary sulfonamides is 1. The largest absolute Gasteiger partial charge is 0.378 e. The molecule has 0 aliphatic heterocycles. The van der Waals surface area contributed by atoms with Crippen LogP contribution < -0.4 is 10.5 Å². The van der Waals surface area contributed by atoms with Crippen molar-refractivity contribution >= 4 is 15.7 Å². The molecule has 3 N–H and O–H groups in total. The summed E-state index contributed by atoms with van der Waals surface area (Å²) in [6.07, 6.45) is 0. The molecule has 0 heterocycles. The lowest BCUT2D eigenvalue weighted by Crippen LogP contribution is -2.12. The van der Waals surface area contributed by atoms with Crippen LogP contribution in [0, 0.1) is 11.3 Å². The first kappa shape index (κ1) is 15.0. The first-order chi connectivity index (χ1) is 9.90. The van der Waals surface area contributed by atoms with Crippen molar-refractivity contribution in [1.29, 1.82) is 5.26 Å². The van der Waals surface area contributed by atoms with E-state index in [0.717, 1.165) is 11.3 Å². The van der Waals surface area contributed by atoms with Crippen molar-refractivity contribution in [1.82, 2.24) is 0 Å². The van der Waals surface area contributed by atoms with Gasteiger partial charge in [0.05, 0.1) is 16.5 Å². The van der Waals surface area contributed by atoms with Gasteiger partial charge >= 0.3 is 0 Å². The predicted octanol–water partition coefficient (Wildman–Crippen LogP) is 2.38. The number of rotatable bonds is 4. The normalized spacial score (nSPS) is 12.4. The minimum atomic E-state index is -3.67. The van der Waals surface area contributed by atoms with Gasteiger partial charge < -0.3 is 5.32 Å². The van der Waals surface area contributed by atoms with Crippen molar-refractivity contribution in [2.24, 2.45) is 5.14 Å². The van der Waals surface area contributed by atoms with Gasteiger partial charge in [0.2, 0.25) is 10.0 Å². The molecular formula is C15H15N3O2S. The first-order valence-electron chi connectivity index (χ1n) is 6.29. The number of benzene rings is 2. The third kappa shape index (κ3) is 3.81. The lowest BCUT2D eigenvalue weighted by molar-refractivity contribution is 0.597. The summed E-state index contributed by atoms with van der Waals surface area (Å²) >= 11 is 0. The van der Waals surface area contributed by atoms with Crippen LogP contribution in [-0.4, -0.2) is 8.42 Å². The second-order valence-corrected chi connectivity index (χ2v) is 6.23.